The normalized spacial score (nSPS) is 12.4. The van der Waals surface area contributed by atoms with Gasteiger partial charge in [-0.1, -0.05) is 56.6 Å². The van der Waals surface area contributed by atoms with Crippen molar-refractivity contribution in [2.75, 3.05) is 0 Å². The van der Waals surface area contributed by atoms with Gasteiger partial charge in [-0.05, 0) is 50.2 Å². The van der Waals surface area contributed by atoms with Gasteiger partial charge in [0, 0.05) is 12.0 Å². The third-order valence-corrected chi connectivity index (χ3v) is 4.92. The molecule has 2 rings (SSSR count). The first-order chi connectivity index (χ1) is 12.4. The lowest BCUT2D eigenvalue weighted by atomic mass is 9.94. The van der Waals surface area contributed by atoms with Gasteiger partial charge in [0.15, 0.2) is 0 Å². The second-order valence-electron chi connectivity index (χ2n) is 7.44. The molecule has 2 aromatic rings. The molecule has 0 saturated heterocycles. The number of hydrogen-bond donors (Lipinski definition) is 1. The molecular weight excluding hydrogens is 324 g/mol. The average Bonchev–Trinajstić information content (AvgIpc) is 2.94. The molecule has 26 heavy (non-hydrogen) atoms. The molecule has 142 valence electrons. The van der Waals surface area contributed by atoms with Crippen molar-refractivity contribution in [1.29, 1.82) is 0 Å². The van der Waals surface area contributed by atoms with Gasteiger partial charge >= 0.3 is 0 Å². The van der Waals surface area contributed by atoms with E-state index in [1.54, 1.807) is 0 Å². The van der Waals surface area contributed by atoms with Gasteiger partial charge < -0.3 is 9.84 Å². The summed E-state index contributed by atoms with van der Waals surface area (Å²) >= 11 is 0. The Kier molecular flexibility index (Phi) is 7.43. The van der Waals surface area contributed by atoms with Crippen LogP contribution in [0.1, 0.15) is 74.2 Å². The third kappa shape index (κ3) is 5.45. The van der Waals surface area contributed by atoms with E-state index in [0.717, 1.165) is 23.4 Å². The minimum Gasteiger partial charge on any atom is -0.361 e. The quantitative estimate of drug-likeness (QED) is 0.681. The van der Waals surface area contributed by atoms with E-state index >= 15 is 0 Å². The monoisotopic (exact) mass is 356 g/mol. The van der Waals surface area contributed by atoms with Crippen LogP contribution in [0.15, 0.2) is 28.8 Å². The highest BCUT2D eigenvalue weighted by molar-refractivity contribution is 5.76. The van der Waals surface area contributed by atoms with Crippen LogP contribution in [-0.4, -0.2) is 11.1 Å². The number of aryl methyl sites for hydroxylation is 3. The van der Waals surface area contributed by atoms with Gasteiger partial charge in [-0.3, -0.25) is 4.79 Å². The average molecular weight is 357 g/mol. The summed E-state index contributed by atoms with van der Waals surface area (Å²) < 4.78 is 5.17. The van der Waals surface area contributed by atoms with Gasteiger partial charge in [0.2, 0.25) is 5.91 Å². The minimum absolute atomic E-state index is 0.0346. The zero-order valence-electron chi connectivity index (χ0n) is 16.8. The largest absolute Gasteiger partial charge is 0.361 e. The van der Waals surface area contributed by atoms with Crippen LogP contribution in [-0.2, 0) is 17.6 Å². The molecule has 0 spiro atoms. The number of carbonyl (C=O) groups excluding carboxylic acids is 1. The Morgan fingerprint density at radius 1 is 1.15 bits per heavy atom. The second kappa shape index (κ2) is 9.56. The summed E-state index contributed by atoms with van der Waals surface area (Å²) in [4.78, 5) is 12.5. The molecule has 0 bridgehead atoms. The summed E-state index contributed by atoms with van der Waals surface area (Å²) in [6.45, 7) is 10.3. The van der Waals surface area contributed by atoms with Gasteiger partial charge in [0.25, 0.3) is 0 Å². The van der Waals surface area contributed by atoms with Crippen molar-refractivity contribution >= 4 is 5.91 Å². The summed E-state index contributed by atoms with van der Waals surface area (Å²) in [5.74, 6) is 1.21. The van der Waals surface area contributed by atoms with Crippen molar-refractivity contribution in [2.45, 2.75) is 72.8 Å². The summed E-state index contributed by atoms with van der Waals surface area (Å²) in [6.07, 6.45) is 4.64. The second-order valence-corrected chi connectivity index (χ2v) is 7.44. The molecule has 1 atom stereocenters. The summed E-state index contributed by atoms with van der Waals surface area (Å²) in [5, 5.41) is 7.16. The fraction of sp³-hybridized carbons (Fsp3) is 0.545. The molecule has 4 nitrogen and oxygen atoms in total. The lowest BCUT2D eigenvalue weighted by molar-refractivity contribution is -0.122. The standard InChI is InChI=1S/C22H32N2O2/c1-6-7-8-18-9-11-19(12-10-18)22(15(2)3)23-21(25)14-13-20-16(4)24-26-17(20)5/h9-12,15,22H,6-8,13-14H2,1-5H3,(H,23,25). The molecule has 0 fully saturated rings. The number of benzene rings is 1. The molecule has 0 aliphatic carbocycles. The number of nitrogens with zero attached hydrogens (tertiary/aromatic N) is 1. The predicted molar refractivity (Wildman–Crippen MR) is 105 cm³/mol. The number of aromatic nitrogens is 1. The lowest BCUT2D eigenvalue weighted by Crippen LogP contribution is -2.32. The first-order valence-corrected chi connectivity index (χ1v) is 9.72. The molecular formula is C22H32N2O2. The van der Waals surface area contributed by atoms with Crippen molar-refractivity contribution in [1.82, 2.24) is 10.5 Å². The van der Waals surface area contributed by atoms with Crippen LogP contribution in [0.4, 0.5) is 0 Å². The van der Waals surface area contributed by atoms with Gasteiger partial charge in [-0.15, -0.1) is 0 Å². The van der Waals surface area contributed by atoms with E-state index in [4.69, 9.17) is 4.52 Å². The maximum atomic E-state index is 12.5. The fourth-order valence-electron chi connectivity index (χ4n) is 3.25. The first-order valence-electron chi connectivity index (χ1n) is 9.72. The topological polar surface area (TPSA) is 55.1 Å². The van der Waals surface area contributed by atoms with Gasteiger partial charge in [-0.2, -0.15) is 0 Å². The number of rotatable bonds is 9. The molecule has 1 amide bonds. The van der Waals surface area contributed by atoms with E-state index in [-0.39, 0.29) is 11.9 Å². The molecule has 1 heterocycles. The van der Waals surface area contributed by atoms with Crippen LogP contribution in [0.25, 0.3) is 0 Å². The number of amides is 1. The van der Waals surface area contributed by atoms with Crippen molar-refractivity contribution < 1.29 is 9.32 Å². The summed E-state index contributed by atoms with van der Waals surface area (Å²) in [7, 11) is 0. The van der Waals surface area contributed by atoms with E-state index in [0.29, 0.717) is 18.8 Å². The van der Waals surface area contributed by atoms with Crippen LogP contribution in [0.2, 0.25) is 0 Å². The molecule has 1 unspecified atom stereocenters. The zero-order chi connectivity index (χ0) is 19.1. The summed E-state index contributed by atoms with van der Waals surface area (Å²) in [5.41, 5.74) is 4.45. The Morgan fingerprint density at radius 2 is 1.85 bits per heavy atom. The highest BCUT2D eigenvalue weighted by atomic mass is 16.5. The minimum atomic E-state index is 0.0346. The highest BCUT2D eigenvalue weighted by Gasteiger charge is 2.19. The van der Waals surface area contributed by atoms with Crippen LogP contribution < -0.4 is 5.32 Å². The van der Waals surface area contributed by atoms with Gasteiger partial charge in [-0.25, -0.2) is 0 Å². The van der Waals surface area contributed by atoms with E-state index in [1.807, 2.05) is 13.8 Å². The Morgan fingerprint density at radius 3 is 2.38 bits per heavy atom. The molecule has 1 N–H and O–H groups in total. The van der Waals surface area contributed by atoms with Crippen LogP contribution in [0.5, 0.6) is 0 Å². The number of carbonyl (C=O) groups is 1. The maximum Gasteiger partial charge on any atom is 0.220 e. The Bertz CT molecular complexity index is 682. The molecule has 1 aromatic heterocycles. The van der Waals surface area contributed by atoms with E-state index in [2.05, 4.69) is 55.5 Å². The molecule has 0 aliphatic rings. The molecule has 1 aromatic carbocycles. The van der Waals surface area contributed by atoms with Crippen LogP contribution >= 0.6 is 0 Å². The van der Waals surface area contributed by atoms with E-state index in [9.17, 15) is 4.79 Å². The molecule has 0 aliphatic heterocycles. The zero-order valence-corrected chi connectivity index (χ0v) is 16.8. The highest BCUT2D eigenvalue weighted by Crippen LogP contribution is 2.23. The third-order valence-electron chi connectivity index (χ3n) is 4.92. The van der Waals surface area contributed by atoms with E-state index in [1.165, 1.54) is 24.0 Å². The van der Waals surface area contributed by atoms with Crippen molar-refractivity contribution in [2.24, 2.45) is 5.92 Å². The Hall–Kier alpha value is -2.10. The van der Waals surface area contributed by atoms with Crippen LogP contribution in [0, 0.1) is 19.8 Å². The van der Waals surface area contributed by atoms with Crippen molar-refractivity contribution in [3.63, 3.8) is 0 Å². The maximum absolute atomic E-state index is 12.5. The predicted octanol–water partition coefficient (Wildman–Crippen LogP) is 5.08. The summed E-state index contributed by atoms with van der Waals surface area (Å²) in [6, 6.07) is 8.73. The van der Waals surface area contributed by atoms with Crippen LogP contribution in [0.3, 0.4) is 0 Å². The Labute approximate surface area is 157 Å². The SMILES string of the molecule is CCCCc1ccc(C(NC(=O)CCc2c(C)noc2C)C(C)C)cc1. The molecule has 4 heteroatoms. The number of hydrogen-bond acceptors (Lipinski definition) is 3. The number of nitrogens with one attached hydrogen (secondary N) is 1. The van der Waals surface area contributed by atoms with Crippen molar-refractivity contribution in [3.8, 4) is 0 Å². The lowest BCUT2D eigenvalue weighted by Gasteiger charge is -2.23. The molecule has 0 saturated carbocycles. The Balaban J connectivity index is 1.97. The molecule has 0 radical (unpaired) electrons. The first kappa shape index (κ1) is 20.2. The van der Waals surface area contributed by atoms with E-state index < -0.39 is 0 Å². The fourth-order valence-corrected chi connectivity index (χ4v) is 3.25. The van der Waals surface area contributed by atoms with Gasteiger partial charge in [0.1, 0.15) is 5.76 Å². The smallest absolute Gasteiger partial charge is 0.220 e. The van der Waals surface area contributed by atoms with Crippen molar-refractivity contribution in [3.05, 3.63) is 52.4 Å². The number of unbranched alkanes of at least 4 members (excludes halogenated alkanes) is 1. The van der Waals surface area contributed by atoms with Gasteiger partial charge in [0.05, 0.1) is 11.7 Å².